The van der Waals surface area contributed by atoms with Crippen molar-refractivity contribution in [2.75, 3.05) is 12.4 Å². The smallest absolute Gasteiger partial charge is 0.348 e. The van der Waals surface area contributed by atoms with Crippen LogP contribution in [0.5, 0.6) is 5.75 Å². The summed E-state index contributed by atoms with van der Waals surface area (Å²) in [6.07, 6.45) is 0. The maximum Gasteiger partial charge on any atom is 0.348 e. The van der Waals surface area contributed by atoms with E-state index in [0.717, 1.165) is 16.9 Å². The third kappa shape index (κ3) is 2.97. The first-order chi connectivity index (χ1) is 9.51. The lowest BCUT2D eigenvalue weighted by Gasteiger charge is -2.06. The van der Waals surface area contributed by atoms with E-state index in [4.69, 9.17) is 0 Å². The van der Waals surface area contributed by atoms with Gasteiger partial charge in [-0.25, -0.2) is 4.79 Å². The molecule has 0 saturated carbocycles. The highest BCUT2D eigenvalue weighted by atomic mass is 32.1. The Morgan fingerprint density at radius 1 is 1.20 bits per heavy atom. The number of nitrogens with one attached hydrogen (secondary N) is 1. The molecule has 1 aromatic heterocycles. The number of ether oxygens (including phenoxy) is 1. The van der Waals surface area contributed by atoms with Gasteiger partial charge in [0.05, 0.1) is 17.7 Å². The van der Waals surface area contributed by atoms with Crippen LogP contribution >= 0.6 is 11.3 Å². The van der Waals surface area contributed by atoms with Crippen LogP contribution in [0.15, 0.2) is 30.3 Å². The van der Waals surface area contributed by atoms with Crippen molar-refractivity contribution in [2.45, 2.75) is 6.92 Å². The molecule has 2 rings (SSSR count). The minimum Gasteiger partial charge on any atom is -0.506 e. The summed E-state index contributed by atoms with van der Waals surface area (Å²) in [5.74, 6) is -0.861. The van der Waals surface area contributed by atoms with Crippen LogP contribution in [0.3, 0.4) is 0 Å². The largest absolute Gasteiger partial charge is 0.506 e. The molecule has 0 unspecified atom stereocenters. The van der Waals surface area contributed by atoms with Crippen molar-refractivity contribution < 1.29 is 19.4 Å². The molecule has 2 aromatic rings. The minimum absolute atomic E-state index is 0.00287. The van der Waals surface area contributed by atoms with Gasteiger partial charge in [-0.05, 0) is 36.8 Å². The third-order valence-corrected chi connectivity index (χ3v) is 3.68. The van der Waals surface area contributed by atoms with Crippen molar-refractivity contribution in [3.05, 3.63) is 45.6 Å². The molecule has 1 aromatic carbocycles. The van der Waals surface area contributed by atoms with Crippen molar-refractivity contribution in [3.8, 4) is 5.75 Å². The molecule has 0 spiro atoms. The molecule has 5 nitrogen and oxygen atoms in total. The summed E-state index contributed by atoms with van der Waals surface area (Å²) >= 11 is 1.03. The predicted octanol–water partition coefficient (Wildman–Crippen LogP) is 2.80. The standard InChI is InChI=1S/C14H13NO4S/c1-8-3-4-9(10(16)7-8)15-13(17)11-5-6-12(20-11)14(18)19-2/h3-7,16H,1-2H3,(H,15,17). The number of esters is 1. The van der Waals surface area contributed by atoms with E-state index < -0.39 is 5.97 Å². The molecule has 0 atom stereocenters. The molecule has 0 aliphatic rings. The Labute approximate surface area is 119 Å². The van der Waals surface area contributed by atoms with E-state index in [2.05, 4.69) is 10.1 Å². The van der Waals surface area contributed by atoms with Gasteiger partial charge in [0.1, 0.15) is 10.6 Å². The Kier molecular flexibility index (Phi) is 4.05. The molecular formula is C14H13NO4S. The average molecular weight is 291 g/mol. The topological polar surface area (TPSA) is 75.6 Å². The fourth-order valence-corrected chi connectivity index (χ4v) is 2.42. The molecular weight excluding hydrogens is 278 g/mol. The maximum atomic E-state index is 12.0. The number of phenolic OH excluding ortho intramolecular Hbond substituents is 1. The number of aryl methyl sites for hydroxylation is 1. The Hall–Kier alpha value is -2.34. The van der Waals surface area contributed by atoms with Crippen LogP contribution in [0, 0.1) is 6.92 Å². The molecule has 0 saturated heterocycles. The van der Waals surface area contributed by atoms with Gasteiger partial charge in [-0.1, -0.05) is 6.07 Å². The normalized spacial score (nSPS) is 10.1. The summed E-state index contributed by atoms with van der Waals surface area (Å²) in [5.41, 5.74) is 1.22. The van der Waals surface area contributed by atoms with Crippen molar-refractivity contribution in [1.82, 2.24) is 0 Å². The van der Waals surface area contributed by atoms with Gasteiger partial charge < -0.3 is 15.2 Å². The van der Waals surface area contributed by atoms with Crippen LogP contribution in [0.4, 0.5) is 5.69 Å². The Morgan fingerprint density at radius 2 is 1.90 bits per heavy atom. The lowest BCUT2D eigenvalue weighted by Crippen LogP contribution is -2.10. The molecule has 1 heterocycles. The van der Waals surface area contributed by atoms with Crippen molar-refractivity contribution >= 4 is 28.9 Å². The molecule has 0 fully saturated rings. The summed E-state index contributed by atoms with van der Waals surface area (Å²) in [6.45, 7) is 1.84. The Balaban J connectivity index is 2.16. The van der Waals surface area contributed by atoms with Crippen LogP contribution in [0.1, 0.15) is 24.9 Å². The zero-order valence-corrected chi connectivity index (χ0v) is 11.8. The van der Waals surface area contributed by atoms with Gasteiger partial charge in [-0.2, -0.15) is 0 Å². The van der Waals surface area contributed by atoms with Gasteiger partial charge in [-0.15, -0.1) is 11.3 Å². The number of amides is 1. The first-order valence-corrected chi connectivity index (χ1v) is 6.62. The first-order valence-electron chi connectivity index (χ1n) is 5.80. The van der Waals surface area contributed by atoms with E-state index >= 15 is 0 Å². The number of hydrogen-bond acceptors (Lipinski definition) is 5. The number of aromatic hydroxyl groups is 1. The minimum atomic E-state index is -0.479. The molecule has 1 amide bonds. The number of rotatable bonds is 3. The summed E-state index contributed by atoms with van der Waals surface area (Å²) in [7, 11) is 1.28. The number of benzene rings is 1. The van der Waals surface area contributed by atoms with Gasteiger partial charge >= 0.3 is 5.97 Å². The second-order valence-corrected chi connectivity index (χ2v) is 5.21. The maximum absolute atomic E-state index is 12.0. The van der Waals surface area contributed by atoms with Crippen molar-refractivity contribution in [3.63, 3.8) is 0 Å². The highest BCUT2D eigenvalue weighted by Gasteiger charge is 2.15. The van der Waals surface area contributed by atoms with Gasteiger partial charge in [-0.3, -0.25) is 4.79 Å². The number of hydrogen-bond donors (Lipinski definition) is 2. The van der Waals surface area contributed by atoms with Crippen molar-refractivity contribution in [1.29, 1.82) is 0 Å². The fourth-order valence-electron chi connectivity index (χ4n) is 1.60. The highest BCUT2D eigenvalue weighted by molar-refractivity contribution is 7.16. The number of carbonyl (C=O) groups is 2. The number of methoxy groups -OCH3 is 1. The van der Waals surface area contributed by atoms with Crippen LogP contribution in [-0.4, -0.2) is 24.1 Å². The van der Waals surface area contributed by atoms with E-state index in [9.17, 15) is 14.7 Å². The van der Waals surface area contributed by atoms with E-state index in [0.29, 0.717) is 15.4 Å². The molecule has 0 radical (unpaired) electrons. The van der Waals surface area contributed by atoms with Crippen LogP contribution in [0.25, 0.3) is 0 Å². The van der Waals surface area contributed by atoms with Crippen LogP contribution in [-0.2, 0) is 4.74 Å². The number of carbonyl (C=O) groups excluding carboxylic acids is 2. The molecule has 2 N–H and O–H groups in total. The summed E-state index contributed by atoms with van der Waals surface area (Å²) < 4.78 is 4.58. The summed E-state index contributed by atoms with van der Waals surface area (Å²) in [6, 6.07) is 8.03. The molecule has 0 aliphatic carbocycles. The van der Waals surface area contributed by atoms with E-state index in [1.54, 1.807) is 18.2 Å². The van der Waals surface area contributed by atoms with Crippen LogP contribution in [0.2, 0.25) is 0 Å². The van der Waals surface area contributed by atoms with Crippen molar-refractivity contribution in [2.24, 2.45) is 0 Å². The Morgan fingerprint density at radius 3 is 2.55 bits per heavy atom. The van der Waals surface area contributed by atoms with Gasteiger partial charge in [0.15, 0.2) is 0 Å². The molecule has 104 valence electrons. The van der Waals surface area contributed by atoms with E-state index in [1.165, 1.54) is 19.2 Å². The lowest BCUT2D eigenvalue weighted by atomic mass is 10.2. The monoisotopic (exact) mass is 291 g/mol. The zero-order valence-electron chi connectivity index (χ0n) is 11.0. The van der Waals surface area contributed by atoms with Crippen LogP contribution < -0.4 is 5.32 Å². The molecule has 0 bridgehead atoms. The number of thiophene rings is 1. The number of phenols is 1. The average Bonchev–Trinajstić information content (AvgIpc) is 2.90. The van der Waals surface area contributed by atoms with Gasteiger partial charge in [0, 0.05) is 0 Å². The first kappa shape index (κ1) is 14.1. The molecule has 0 aliphatic heterocycles. The second-order valence-electron chi connectivity index (χ2n) is 4.13. The van der Waals surface area contributed by atoms with E-state index in [-0.39, 0.29) is 11.7 Å². The molecule has 6 heteroatoms. The quantitative estimate of drug-likeness (QED) is 0.673. The van der Waals surface area contributed by atoms with Gasteiger partial charge in [0.25, 0.3) is 5.91 Å². The fraction of sp³-hybridized carbons (Fsp3) is 0.143. The number of anilines is 1. The lowest BCUT2D eigenvalue weighted by molar-refractivity contribution is 0.0606. The highest BCUT2D eigenvalue weighted by Crippen LogP contribution is 2.25. The van der Waals surface area contributed by atoms with Gasteiger partial charge in [0.2, 0.25) is 0 Å². The summed E-state index contributed by atoms with van der Waals surface area (Å²) in [4.78, 5) is 24.0. The summed E-state index contributed by atoms with van der Waals surface area (Å²) in [5, 5.41) is 12.3. The predicted molar refractivity (Wildman–Crippen MR) is 76.5 cm³/mol. The second kappa shape index (κ2) is 5.75. The van der Waals surface area contributed by atoms with E-state index in [1.807, 2.05) is 6.92 Å². The molecule has 20 heavy (non-hydrogen) atoms. The zero-order chi connectivity index (χ0) is 14.7. The SMILES string of the molecule is COC(=O)c1ccc(C(=O)Nc2ccc(C)cc2O)s1. The third-order valence-electron chi connectivity index (χ3n) is 2.62. The Bertz CT molecular complexity index is 663.